The molecular formula is C15H18F2N4O3S. The molecule has 0 atom stereocenters. The van der Waals surface area contributed by atoms with Gasteiger partial charge in [0.05, 0.1) is 16.8 Å². The Hall–Kier alpha value is -2.36. The highest BCUT2D eigenvalue weighted by Gasteiger charge is 2.24. The maximum atomic E-state index is 13.3. The Balaban J connectivity index is 2.00. The summed E-state index contributed by atoms with van der Waals surface area (Å²) in [6.07, 6.45) is -1.35. The van der Waals surface area contributed by atoms with Crippen LogP contribution in [-0.2, 0) is 13.0 Å². The summed E-state index contributed by atoms with van der Waals surface area (Å²) >= 11 is 1.16. The van der Waals surface area contributed by atoms with Gasteiger partial charge in [0.2, 0.25) is 0 Å². The van der Waals surface area contributed by atoms with E-state index >= 15 is 0 Å². The third-order valence-corrected chi connectivity index (χ3v) is 4.17. The van der Waals surface area contributed by atoms with Crippen molar-refractivity contribution in [1.29, 1.82) is 0 Å². The number of aromatic nitrogens is 3. The summed E-state index contributed by atoms with van der Waals surface area (Å²) < 4.78 is 27.7. The van der Waals surface area contributed by atoms with Crippen LogP contribution in [0.4, 0.5) is 8.78 Å². The van der Waals surface area contributed by atoms with Crippen molar-refractivity contribution in [3.05, 3.63) is 33.5 Å². The van der Waals surface area contributed by atoms with Crippen molar-refractivity contribution in [3.63, 3.8) is 0 Å². The van der Waals surface area contributed by atoms with Crippen LogP contribution in [0.2, 0.25) is 0 Å². The fourth-order valence-electron chi connectivity index (χ4n) is 2.19. The summed E-state index contributed by atoms with van der Waals surface area (Å²) in [6.45, 7) is 4.19. The Kier molecular flexibility index (Phi) is 6.18. The highest BCUT2D eigenvalue weighted by molar-refractivity contribution is 7.09. The molecule has 7 nitrogen and oxygen atoms in total. The molecule has 0 saturated carbocycles. The molecule has 0 aliphatic heterocycles. The first kappa shape index (κ1) is 19.0. The van der Waals surface area contributed by atoms with Gasteiger partial charge in [-0.25, -0.2) is 18.6 Å². The lowest BCUT2D eigenvalue weighted by Crippen LogP contribution is -2.26. The number of hydrogen-bond acceptors (Lipinski definition) is 5. The van der Waals surface area contributed by atoms with E-state index in [1.165, 1.54) is 5.38 Å². The van der Waals surface area contributed by atoms with Gasteiger partial charge in [0, 0.05) is 24.9 Å². The molecule has 0 spiro atoms. The number of carboxylic acids is 1. The van der Waals surface area contributed by atoms with Crippen molar-refractivity contribution in [2.24, 2.45) is 5.92 Å². The number of halogens is 2. The lowest BCUT2D eigenvalue weighted by molar-refractivity contribution is 0.0690. The molecule has 0 aliphatic rings. The second kappa shape index (κ2) is 8.15. The van der Waals surface area contributed by atoms with E-state index in [9.17, 15) is 18.4 Å². The normalized spacial score (nSPS) is 11.3. The van der Waals surface area contributed by atoms with E-state index in [4.69, 9.17) is 5.11 Å². The van der Waals surface area contributed by atoms with E-state index in [1.54, 1.807) is 0 Å². The zero-order valence-electron chi connectivity index (χ0n) is 13.7. The maximum absolute atomic E-state index is 13.3. The summed E-state index contributed by atoms with van der Waals surface area (Å²) in [7, 11) is 0. The predicted molar refractivity (Wildman–Crippen MR) is 87.1 cm³/mol. The monoisotopic (exact) mass is 372 g/mol. The third-order valence-electron chi connectivity index (χ3n) is 3.26. The van der Waals surface area contributed by atoms with E-state index in [1.807, 2.05) is 13.8 Å². The molecule has 0 saturated heterocycles. The Morgan fingerprint density at radius 3 is 2.68 bits per heavy atom. The van der Waals surface area contributed by atoms with Gasteiger partial charge < -0.3 is 10.4 Å². The Morgan fingerprint density at radius 2 is 2.12 bits per heavy atom. The van der Waals surface area contributed by atoms with E-state index in [2.05, 4.69) is 15.4 Å². The van der Waals surface area contributed by atoms with E-state index in [0.717, 1.165) is 22.2 Å². The number of carboxylic acid groups (broad SMARTS) is 1. The van der Waals surface area contributed by atoms with Gasteiger partial charge in [0.25, 0.3) is 12.3 Å². The minimum Gasteiger partial charge on any atom is -0.476 e. The predicted octanol–water partition coefficient (Wildman–Crippen LogP) is 2.60. The summed E-state index contributed by atoms with van der Waals surface area (Å²) in [5.41, 5.74) is -0.601. The van der Waals surface area contributed by atoms with Gasteiger partial charge in [-0.05, 0) is 5.92 Å². The van der Waals surface area contributed by atoms with Gasteiger partial charge in [-0.2, -0.15) is 5.10 Å². The fraction of sp³-hybridized carbons (Fsp3) is 0.467. The van der Waals surface area contributed by atoms with Crippen LogP contribution in [0.25, 0.3) is 0 Å². The van der Waals surface area contributed by atoms with Gasteiger partial charge in [0.15, 0.2) is 5.69 Å². The first-order valence-corrected chi connectivity index (χ1v) is 8.47. The van der Waals surface area contributed by atoms with Crippen LogP contribution >= 0.6 is 11.3 Å². The Bertz CT molecular complexity index is 758. The molecule has 0 fully saturated rings. The minimum atomic E-state index is -2.81. The summed E-state index contributed by atoms with van der Waals surface area (Å²) in [6, 6.07) is 0. The Morgan fingerprint density at radius 1 is 1.40 bits per heavy atom. The number of thiazole rings is 1. The number of alkyl halides is 2. The molecule has 2 N–H and O–H groups in total. The lowest BCUT2D eigenvalue weighted by Gasteiger charge is -2.11. The average Bonchev–Trinajstić information content (AvgIpc) is 3.13. The van der Waals surface area contributed by atoms with E-state index in [0.29, 0.717) is 18.0 Å². The zero-order valence-corrected chi connectivity index (χ0v) is 14.5. The molecule has 10 heteroatoms. The number of nitrogens with one attached hydrogen (secondary N) is 1. The summed E-state index contributed by atoms with van der Waals surface area (Å²) in [4.78, 5) is 26.8. The van der Waals surface area contributed by atoms with Crippen LogP contribution in [0.5, 0.6) is 0 Å². The maximum Gasteiger partial charge on any atom is 0.355 e. The number of nitrogens with zero attached hydrogens (tertiary/aromatic N) is 3. The molecule has 2 aromatic rings. The summed E-state index contributed by atoms with van der Waals surface area (Å²) in [5.74, 6) is -1.65. The zero-order chi connectivity index (χ0) is 18.6. The van der Waals surface area contributed by atoms with Gasteiger partial charge in [-0.15, -0.1) is 11.3 Å². The molecule has 0 aliphatic carbocycles. The average molecular weight is 372 g/mol. The van der Waals surface area contributed by atoms with Crippen molar-refractivity contribution in [2.75, 3.05) is 6.54 Å². The van der Waals surface area contributed by atoms with Crippen LogP contribution in [0.3, 0.4) is 0 Å². The van der Waals surface area contributed by atoms with E-state index < -0.39 is 24.0 Å². The van der Waals surface area contributed by atoms with Crippen molar-refractivity contribution < 1.29 is 23.5 Å². The smallest absolute Gasteiger partial charge is 0.355 e. The van der Waals surface area contributed by atoms with Gasteiger partial charge in [-0.3, -0.25) is 9.48 Å². The molecule has 136 valence electrons. The minimum absolute atomic E-state index is 0.0544. The molecule has 0 bridgehead atoms. The molecule has 2 aromatic heterocycles. The quantitative estimate of drug-likeness (QED) is 0.742. The molecule has 0 aromatic carbocycles. The van der Waals surface area contributed by atoms with Crippen LogP contribution < -0.4 is 5.32 Å². The topological polar surface area (TPSA) is 97.1 Å². The molecule has 2 rings (SSSR count). The van der Waals surface area contributed by atoms with Crippen LogP contribution in [-0.4, -0.2) is 38.3 Å². The highest BCUT2D eigenvalue weighted by atomic mass is 32.1. The lowest BCUT2D eigenvalue weighted by atomic mass is 10.2. The number of aromatic carboxylic acids is 1. The standard InChI is InChI=1S/C15H18F2N4O3S/c1-8(2)6-21-12(13(16)17)9(5-19-21)14(22)18-4-3-11-20-10(7-25-11)15(23)24/h5,7-8,13H,3-4,6H2,1-2H3,(H,18,22)(H,23,24). The number of amides is 1. The van der Waals surface area contributed by atoms with Crippen molar-refractivity contribution in [1.82, 2.24) is 20.1 Å². The van der Waals surface area contributed by atoms with Crippen LogP contribution in [0.15, 0.2) is 11.6 Å². The molecular weight excluding hydrogens is 354 g/mol. The highest BCUT2D eigenvalue weighted by Crippen LogP contribution is 2.23. The Labute approximate surface area is 146 Å². The molecule has 25 heavy (non-hydrogen) atoms. The van der Waals surface area contributed by atoms with Crippen molar-refractivity contribution in [3.8, 4) is 0 Å². The second-order valence-corrected chi connectivity index (χ2v) is 6.70. The van der Waals surface area contributed by atoms with Crippen LogP contribution in [0, 0.1) is 5.92 Å². The van der Waals surface area contributed by atoms with E-state index in [-0.39, 0.29) is 23.7 Å². The first-order valence-electron chi connectivity index (χ1n) is 7.59. The van der Waals surface area contributed by atoms with Gasteiger partial charge in [-0.1, -0.05) is 13.8 Å². The molecule has 1 amide bonds. The molecule has 0 radical (unpaired) electrons. The fourth-order valence-corrected chi connectivity index (χ4v) is 2.97. The van der Waals surface area contributed by atoms with Crippen molar-refractivity contribution >= 4 is 23.2 Å². The van der Waals surface area contributed by atoms with Crippen LogP contribution in [0.1, 0.15) is 51.8 Å². The molecule has 0 unspecified atom stereocenters. The SMILES string of the molecule is CC(C)Cn1ncc(C(=O)NCCc2nc(C(=O)O)cs2)c1C(F)F. The number of hydrogen-bond donors (Lipinski definition) is 2. The molecule has 2 heterocycles. The number of carbonyl (C=O) groups excluding carboxylic acids is 1. The van der Waals surface area contributed by atoms with Crippen molar-refractivity contribution in [2.45, 2.75) is 33.2 Å². The van der Waals surface area contributed by atoms with Gasteiger partial charge >= 0.3 is 5.97 Å². The number of carbonyl (C=O) groups is 2. The first-order chi connectivity index (χ1) is 11.8. The third kappa shape index (κ3) is 4.81. The van der Waals surface area contributed by atoms with Gasteiger partial charge in [0.1, 0.15) is 5.69 Å². The second-order valence-electron chi connectivity index (χ2n) is 5.76. The largest absolute Gasteiger partial charge is 0.476 e. The summed E-state index contributed by atoms with van der Waals surface area (Å²) in [5, 5.41) is 17.2. The number of rotatable bonds is 8.